The number of rotatable bonds is 16. The predicted molar refractivity (Wildman–Crippen MR) is 270 cm³/mol. The Bertz CT molecular complexity index is 2220. The van der Waals surface area contributed by atoms with Gasteiger partial charge < -0.3 is 94.5 Å². The van der Waals surface area contributed by atoms with Gasteiger partial charge in [-0.25, -0.2) is 0 Å². The van der Waals surface area contributed by atoms with E-state index in [0.717, 1.165) is 44.1 Å². The van der Waals surface area contributed by atoms with E-state index in [1.54, 1.807) is 6.08 Å². The Balaban J connectivity index is 1.05. The number of ketones is 1. The molecule has 4 aliphatic heterocycles. The summed E-state index contributed by atoms with van der Waals surface area (Å²) in [4.78, 5) is 38.0. The third kappa shape index (κ3) is 11.9. The molecule has 77 heavy (non-hydrogen) atoms. The molecule has 4 saturated heterocycles. The fraction of sp³-hybridized carbons (Fsp3) is 0.836. The molecule has 8 rings (SSSR count). The van der Waals surface area contributed by atoms with Crippen LogP contribution in [0.5, 0.6) is 0 Å². The molecule has 4 heterocycles. The van der Waals surface area contributed by atoms with Crippen LogP contribution in [0.4, 0.5) is 0 Å². The van der Waals surface area contributed by atoms with Crippen molar-refractivity contribution in [3.05, 3.63) is 34.4 Å². The summed E-state index contributed by atoms with van der Waals surface area (Å²) in [7, 11) is 0. The van der Waals surface area contributed by atoms with Crippen molar-refractivity contribution in [2.45, 2.75) is 230 Å². The summed E-state index contributed by atoms with van der Waals surface area (Å²) in [6.45, 7) is 15.6. The zero-order valence-corrected chi connectivity index (χ0v) is 45.9. The van der Waals surface area contributed by atoms with Crippen LogP contribution in [0.25, 0.3) is 0 Å². The fourth-order valence-corrected chi connectivity index (χ4v) is 14.5. The summed E-state index contributed by atoms with van der Waals surface area (Å²) in [5.41, 5.74) is 4.69. The lowest BCUT2D eigenvalue weighted by atomic mass is 9.46. The Kier molecular flexibility index (Phi) is 18.7. The number of aliphatic hydroxyl groups excluding tert-OH is 9. The average molecular weight is 1100 g/mol. The highest BCUT2D eigenvalue weighted by Gasteiger charge is 2.60. The number of hydrogen-bond donors (Lipinski definition) is 11. The standard InChI is InChI=1S/C55H86N2O20/c1-24(2)18-28(61)19-25(3)30-11-12-31-29-10-13-37-53(6,7)38(15-17-55(37,9)32(29)14-16-54(30,31)8)76-52-48(44(66)36(23-72-52)75-49-39(56-26(4)59)45(67)42(64)34(20-58)73-49)77-50-40(57-27(5)60)46(68)43(65)35(74-50)22-71-51-47(69)41(63)33(62)21-70-51/h12,18,25,30,33-52,58,62-69H,10-11,13-17,19-23H2,1-9H3,(H,56,59)(H,57,60). The van der Waals surface area contributed by atoms with Gasteiger partial charge in [-0.15, -0.1) is 0 Å². The number of allylic oxidation sites excluding steroid dienone is 6. The van der Waals surface area contributed by atoms with Crippen molar-refractivity contribution in [2.24, 2.45) is 34.0 Å². The van der Waals surface area contributed by atoms with Gasteiger partial charge in [0.15, 0.2) is 30.9 Å². The molecule has 24 unspecified atom stereocenters. The number of ether oxygens (including phenoxy) is 8. The van der Waals surface area contributed by atoms with Crippen molar-refractivity contribution >= 4 is 17.6 Å². The van der Waals surface area contributed by atoms with Crippen LogP contribution in [0.1, 0.15) is 114 Å². The quantitative estimate of drug-likeness (QED) is 0.0910. The molecule has 8 aliphatic rings. The number of aliphatic hydroxyl groups is 9. The van der Waals surface area contributed by atoms with Crippen molar-refractivity contribution in [1.29, 1.82) is 0 Å². The van der Waals surface area contributed by atoms with Crippen LogP contribution in [0.2, 0.25) is 0 Å². The topological polar surface area (TPSA) is 331 Å². The third-order valence-corrected chi connectivity index (χ3v) is 18.6. The highest BCUT2D eigenvalue weighted by molar-refractivity contribution is 5.90. The molecule has 0 aromatic rings. The van der Waals surface area contributed by atoms with E-state index in [4.69, 9.17) is 37.9 Å². The molecule has 11 N–H and O–H groups in total. The molecular weight excluding hydrogens is 1010 g/mol. The van der Waals surface area contributed by atoms with Crippen LogP contribution in [-0.2, 0) is 52.3 Å². The lowest BCUT2D eigenvalue weighted by molar-refractivity contribution is -0.371. The lowest BCUT2D eigenvalue weighted by Crippen LogP contribution is -2.68. The van der Waals surface area contributed by atoms with E-state index < -0.39 is 147 Å². The van der Waals surface area contributed by atoms with Crippen molar-refractivity contribution in [3.63, 3.8) is 0 Å². The number of hydrogen-bond acceptors (Lipinski definition) is 20. The summed E-state index contributed by atoms with van der Waals surface area (Å²) in [6.07, 6.45) is -14.9. The van der Waals surface area contributed by atoms with Gasteiger partial charge in [0.25, 0.3) is 0 Å². The zero-order chi connectivity index (χ0) is 56.2. The van der Waals surface area contributed by atoms with Gasteiger partial charge in [0.05, 0.1) is 32.5 Å². The number of nitrogens with one attached hydrogen (secondary N) is 2. The predicted octanol–water partition coefficient (Wildman–Crippen LogP) is 0.0507. The van der Waals surface area contributed by atoms with E-state index >= 15 is 0 Å². The molecular formula is C55H86N2O20. The number of fused-ring (bicyclic) bond motifs is 4. The highest BCUT2D eigenvalue weighted by Crippen LogP contribution is 2.67. The van der Waals surface area contributed by atoms with Gasteiger partial charge in [-0.3, -0.25) is 14.4 Å². The first-order valence-corrected chi connectivity index (χ1v) is 27.5. The van der Waals surface area contributed by atoms with Gasteiger partial charge in [0.2, 0.25) is 11.8 Å². The Morgan fingerprint density at radius 3 is 1.97 bits per heavy atom. The van der Waals surface area contributed by atoms with E-state index in [1.165, 1.54) is 30.6 Å². The van der Waals surface area contributed by atoms with E-state index in [2.05, 4.69) is 51.3 Å². The van der Waals surface area contributed by atoms with Crippen molar-refractivity contribution < 1.29 is 98.2 Å². The summed E-state index contributed by atoms with van der Waals surface area (Å²) in [5.74, 6) is -0.339. The van der Waals surface area contributed by atoms with Crippen LogP contribution in [0, 0.1) is 34.0 Å². The van der Waals surface area contributed by atoms with E-state index in [9.17, 15) is 60.3 Å². The molecule has 0 spiro atoms. The molecule has 2 amide bonds. The molecule has 0 bridgehead atoms. The molecule has 0 radical (unpaired) electrons. The molecule has 5 fully saturated rings. The van der Waals surface area contributed by atoms with Crippen molar-refractivity contribution in [1.82, 2.24) is 10.6 Å². The summed E-state index contributed by atoms with van der Waals surface area (Å²) >= 11 is 0. The summed E-state index contributed by atoms with van der Waals surface area (Å²) in [6, 6.07) is -2.87. The molecule has 1 saturated carbocycles. The van der Waals surface area contributed by atoms with Gasteiger partial charge in [0, 0.05) is 20.3 Å². The van der Waals surface area contributed by atoms with Gasteiger partial charge >= 0.3 is 0 Å². The van der Waals surface area contributed by atoms with Crippen molar-refractivity contribution in [2.75, 3.05) is 26.4 Å². The maximum Gasteiger partial charge on any atom is 0.217 e. The molecule has 22 heteroatoms. The first-order chi connectivity index (χ1) is 36.2. The van der Waals surface area contributed by atoms with Crippen LogP contribution in [-0.4, -0.2) is 207 Å². The Morgan fingerprint density at radius 1 is 0.714 bits per heavy atom. The summed E-state index contributed by atoms with van der Waals surface area (Å²) in [5, 5.41) is 103. The van der Waals surface area contributed by atoms with E-state index in [1.807, 2.05) is 13.8 Å². The molecule has 0 aromatic heterocycles. The van der Waals surface area contributed by atoms with Gasteiger partial charge in [-0.1, -0.05) is 51.8 Å². The maximum atomic E-state index is 12.9. The molecule has 436 valence electrons. The van der Waals surface area contributed by atoms with Crippen LogP contribution in [0.15, 0.2) is 34.4 Å². The van der Waals surface area contributed by atoms with Gasteiger partial charge in [-0.05, 0) is 110 Å². The molecule has 24 atom stereocenters. The minimum absolute atomic E-state index is 0.0314. The van der Waals surface area contributed by atoms with Gasteiger partial charge in [-0.2, -0.15) is 0 Å². The second-order valence-electron chi connectivity index (χ2n) is 24.4. The minimum Gasteiger partial charge on any atom is -0.394 e. The minimum atomic E-state index is -1.79. The molecule has 22 nitrogen and oxygen atoms in total. The Hall–Kier alpha value is -2.85. The summed E-state index contributed by atoms with van der Waals surface area (Å²) < 4.78 is 49.5. The van der Waals surface area contributed by atoms with Crippen LogP contribution in [0.3, 0.4) is 0 Å². The Morgan fingerprint density at radius 2 is 1.34 bits per heavy atom. The fourth-order valence-electron chi connectivity index (χ4n) is 14.5. The largest absolute Gasteiger partial charge is 0.394 e. The number of carbonyl (C=O) groups excluding carboxylic acids is 3. The van der Waals surface area contributed by atoms with Gasteiger partial charge in [0.1, 0.15) is 85.3 Å². The molecule has 0 aromatic carbocycles. The first kappa shape index (κ1) is 60.3. The highest BCUT2D eigenvalue weighted by atomic mass is 16.8. The smallest absolute Gasteiger partial charge is 0.217 e. The zero-order valence-electron chi connectivity index (χ0n) is 45.9. The Labute approximate surface area is 450 Å². The van der Waals surface area contributed by atoms with Crippen LogP contribution >= 0.6 is 0 Å². The molecule has 4 aliphatic carbocycles. The van der Waals surface area contributed by atoms with Crippen LogP contribution < -0.4 is 10.6 Å². The first-order valence-electron chi connectivity index (χ1n) is 27.5. The second kappa shape index (κ2) is 23.9. The maximum absolute atomic E-state index is 12.9. The normalized spacial score (nSPS) is 45.2. The number of carbonyl (C=O) groups is 3. The third-order valence-electron chi connectivity index (χ3n) is 18.6. The second-order valence-corrected chi connectivity index (χ2v) is 24.4. The van der Waals surface area contributed by atoms with E-state index in [-0.39, 0.29) is 41.7 Å². The van der Waals surface area contributed by atoms with E-state index in [0.29, 0.717) is 18.8 Å². The monoisotopic (exact) mass is 1090 g/mol. The SMILES string of the molecule is CC(=O)NC1C(OC2COC(OC3CCC4(C)C5=C(CCC4C3(C)C)C3=CCC(C(C)CC(=O)C=C(C)C)C3(C)CC5)C(OC3OC(COC4OCC(O)C(O)C4O)C(O)C(O)C3NC(C)=O)C2O)OC(CO)C(O)C1O. The number of amides is 2. The van der Waals surface area contributed by atoms with Crippen molar-refractivity contribution in [3.8, 4) is 0 Å². The lowest BCUT2D eigenvalue weighted by Gasteiger charge is -2.60. The average Bonchev–Trinajstić information content (AvgIpc) is 3.84.